The van der Waals surface area contributed by atoms with Crippen molar-refractivity contribution in [1.82, 2.24) is 9.55 Å². The van der Waals surface area contributed by atoms with Gasteiger partial charge in [-0.1, -0.05) is 20.8 Å². The molecule has 0 spiro atoms. The fourth-order valence-corrected chi connectivity index (χ4v) is 7.29. The molecule has 33 heavy (non-hydrogen) atoms. The van der Waals surface area contributed by atoms with Gasteiger partial charge < -0.3 is 14.0 Å². The lowest BCUT2D eigenvalue weighted by molar-refractivity contribution is 0.0604. The Balaban J connectivity index is 1.78. The predicted octanol–water partition coefficient (Wildman–Crippen LogP) is 4.75. The number of esters is 1. The topological polar surface area (TPSA) is 87.5 Å². The summed E-state index contributed by atoms with van der Waals surface area (Å²) in [6.07, 6.45) is 2.02. The largest absolute Gasteiger partial charge is 0.465 e. The van der Waals surface area contributed by atoms with E-state index in [9.17, 15) is 13.2 Å². The van der Waals surface area contributed by atoms with Gasteiger partial charge in [-0.15, -0.1) is 11.3 Å². The molecule has 0 unspecified atom stereocenters. The number of rotatable bonds is 5. The molecule has 7 nitrogen and oxygen atoms in total. The Hall–Kier alpha value is -2.23. The molecule has 1 aromatic carbocycles. The van der Waals surface area contributed by atoms with Gasteiger partial charge in [-0.3, -0.25) is 0 Å². The molecular formula is C24H30N2O5S2. The fraction of sp³-hybridized carbons (Fsp3) is 0.500. The van der Waals surface area contributed by atoms with E-state index in [4.69, 9.17) is 14.5 Å². The number of sulfone groups is 1. The van der Waals surface area contributed by atoms with Gasteiger partial charge in [0.2, 0.25) is 9.84 Å². The van der Waals surface area contributed by atoms with Crippen LogP contribution in [0.4, 0.5) is 0 Å². The number of carbonyl (C=O) groups is 1. The van der Waals surface area contributed by atoms with E-state index in [1.165, 1.54) is 7.11 Å². The number of aromatic nitrogens is 2. The van der Waals surface area contributed by atoms with Crippen LogP contribution in [-0.4, -0.2) is 44.3 Å². The van der Waals surface area contributed by atoms with E-state index in [0.29, 0.717) is 17.0 Å². The number of thiophene rings is 1. The molecule has 3 heterocycles. The van der Waals surface area contributed by atoms with Crippen LogP contribution in [0.15, 0.2) is 33.4 Å². The van der Waals surface area contributed by atoms with Crippen molar-refractivity contribution in [2.45, 2.75) is 61.6 Å². The SMILES string of the molecule is COC(=O)c1cc(C)c(S(=O)(=O)c2ccc3c(c2)nc(C(C)(C)C)n3CC2CCOCC2)s1. The number of hydrogen-bond acceptors (Lipinski definition) is 7. The Bertz CT molecular complexity index is 1290. The van der Waals surface area contributed by atoms with E-state index < -0.39 is 15.8 Å². The van der Waals surface area contributed by atoms with Crippen LogP contribution in [0.2, 0.25) is 0 Å². The first-order valence-corrected chi connectivity index (χ1v) is 13.3. The molecule has 0 atom stereocenters. The summed E-state index contributed by atoms with van der Waals surface area (Å²) in [5.74, 6) is 0.909. The van der Waals surface area contributed by atoms with E-state index in [1.54, 1.807) is 25.1 Å². The highest BCUT2D eigenvalue weighted by atomic mass is 32.2. The maximum atomic E-state index is 13.4. The normalized spacial score (nSPS) is 15.8. The number of carbonyl (C=O) groups excluding carboxylic acids is 1. The molecule has 0 N–H and O–H groups in total. The number of imidazole rings is 1. The lowest BCUT2D eigenvalue weighted by Crippen LogP contribution is -2.25. The van der Waals surface area contributed by atoms with Gasteiger partial charge in [0, 0.05) is 25.2 Å². The number of ether oxygens (including phenoxy) is 2. The average molecular weight is 491 g/mol. The summed E-state index contributed by atoms with van der Waals surface area (Å²) >= 11 is 0.935. The summed E-state index contributed by atoms with van der Waals surface area (Å²) in [5, 5.41) is 0. The van der Waals surface area contributed by atoms with Gasteiger partial charge >= 0.3 is 5.97 Å². The number of methoxy groups -OCH3 is 1. The predicted molar refractivity (Wildman–Crippen MR) is 128 cm³/mol. The standard InChI is InChI=1S/C24H30N2O5S2/c1-15-12-20(21(27)30-5)32-22(15)33(28,29)17-6-7-19-18(13-17)25-23(24(2,3)4)26(19)14-16-8-10-31-11-9-16/h6-7,12-13,16H,8-11,14H2,1-5H3. The molecule has 0 bridgehead atoms. The Kier molecular flexibility index (Phi) is 6.41. The zero-order chi connectivity index (χ0) is 24.0. The monoisotopic (exact) mass is 490 g/mol. The Morgan fingerprint density at radius 1 is 1.24 bits per heavy atom. The minimum atomic E-state index is -3.80. The van der Waals surface area contributed by atoms with E-state index in [-0.39, 0.29) is 19.4 Å². The minimum absolute atomic E-state index is 0.153. The smallest absolute Gasteiger partial charge is 0.348 e. The molecule has 1 aliphatic heterocycles. The molecule has 4 rings (SSSR count). The molecule has 0 amide bonds. The van der Waals surface area contributed by atoms with Crippen LogP contribution in [0.1, 0.15) is 54.7 Å². The van der Waals surface area contributed by atoms with Gasteiger partial charge in [-0.25, -0.2) is 18.2 Å². The van der Waals surface area contributed by atoms with E-state index >= 15 is 0 Å². The molecule has 0 radical (unpaired) electrons. The van der Waals surface area contributed by atoms with E-state index in [0.717, 1.165) is 55.3 Å². The molecular weight excluding hydrogens is 460 g/mol. The third kappa shape index (κ3) is 4.58. The molecule has 178 valence electrons. The zero-order valence-corrected chi connectivity index (χ0v) is 21.3. The van der Waals surface area contributed by atoms with Crippen molar-refractivity contribution in [3.8, 4) is 0 Å². The van der Waals surface area contributed by atoms with Gasteiger partial charge in [0.25, 0.3) is 0 Å². The van der Waals surface area contributed by atoms with Gasteiger partial charge in [0.15, 0.2) is 0 Å². The number of nitrogens with zero attached hydrogens (tertiary/aromatic N) is 2. The third-order valence-electron chi connectivity index (χ3n) is 5.99. The van der Waals surface area contributed by atoms with Crippen LogP contribution < -0.4 is 0 Å². The average Bonchev–Trinajstić information content (AvgIpc) is 3.35. The van der Waals surface area contributed by atoms with Crippen LogP contribution in [0.5, 0.6) is 0 Å². The number of fused-ring (bicyclic) bond motifs is 1. The quantitative estimate of drug-likeness (QED) is 0.480. The van der Waals surface area contributed by atoms with Gasteiger partial charge in [0.05, 0.1) is 23.0 Å². The van der Waals surface area contributed by atoms with E-state index in [1.807, 2.05) is 6.07 Å². The highest BCUT2D eigenvalue weighted by Gasteiger charge is 2.28. The fourth-order valence-electron chi connectivity index (χ4n) is 4.26. The van der Waals surface area contributed by atoms with Crippen molar-refractivity contribution in [3.63, 3.8) is 0 Å². The molecule has 0 saturated carbocycles. The first kappa shape index (κ1) is 23.9. The number of aryl methyl sites for hydroxylation is 1. The first-order chi connectivity index (χ1) is 15.5. The Morgan fingerprint density at radius 3 is 2.58 bits per heavy atom. The molecule has 3 aromatic rings. The van der Waals surface area contributed by atoms with Crippen molar-refractivity contribution in [1.29, 1.82) is 0 Å². The van der Waals surface area contributed by atoms with Crippen LogP contribution in [0, 0.1) is 12.8 Å². The molecule has 0 aliphatic carbocycles. The summed E-state index contributed by atoms with van der Waals surface area (Å²) in [6, 6.07) is 6.71. The maximum Gasteiger partial charge on any atom is 0.348 e. The molecule has 9 heteroatoms. The van der Waals surface area contributed by atoms with Crippen molar-refractivity contribution in [2.75, 3.05) is 20.3 Å². The summed E-state index contributed by atoms with van der Waals surface area (Å²) in [5.41, 5.74) is 1.93. The van der Waals surface area contributed by atoms with Gasteiger partial charge in [0.1, 0.15) is 14.9 Å². The van der Waals surface area contributed by atoms with Crippen LogP contribution in [-0.2, 0) is 31.3 Å². The van der Waals surface area contributed by atoms with Crippen LogP contribution in [0.25, 0.3) is 11.0 Å². The Morgan fingerprint density at radius 2 is 1.94 bits per heavy atom. The second kappa shape index (κ2) is 8.85. The van der Waals surface area contributed by atoms with Crippen molar-refractivity contribution in [3.05, 3.63) is 40.5 Å². The molecule has 1 fully saturated rings. The highest BCUT2D eigenvalue weighted by Crippen LogP contribution is 2.35. The summed E-state index contributed by atoms with van der Waals surface area (Å²) in [6.45, 7) is 10.4. The first-order valence-electron chi connectivity index (χ1n) is 11.0. The molecule has 2 aromatic heterocycles. The van der Waals surface area contributed by atoms with Gasteiger partial charge in [-0.2, -0.15) is 0 Å². The highest BCUT2D eigenvalue weighted by molar-refractivity contribution is 7.93. The van der Waals surface area contributed by atoms with Crippen molar-refractivity contribution in [2.24, 2.45) is 5.92 Å². The second-order valence-corrected chi connectivity index (χ2v) is 12.8. The second-order valence-electron chi connectivity index (χ2n) is 9.58. The number of benzene rings is 1. The Labute approximate surface area is 198 Å². The third-order valence-corrected chi connectivity index (χ3v) is 9.59. The van der Waals surface area contributed by atoms with Crippen molar-refractivity contribution < 1.29 is 22.7 Å². The number of hydrogen-bond donors (Lipinski definition) is 0. The van der Waals surface area contributed by atoms with Crippen LogP contribution in [0.3, 0.4) is 0 Å². The molecule has 1 saturated heterocycles. The molecule has 1 aliphatic rings. The lowest BCUT2D eigenvalue weighted by atomic mass is 9.94. The summed E-state index contributed by atoms with van der Waals surface area (Å²) < 4.78 is 39.5. The summed E-state index contributed by atoms with van der Waals surface area (Å²) in [4.78, 5) is 17.2. The van der Waals surface area contributed by atoms with E-state index in [2.05, 4.69) is 25.3 Å². The van der Waals surface area contributed by atoms with Crippen LogP contribution >= 0.6 is 11.3 Å². The maximum absolute atomic E-state index is 13.4. The van der Waals surface area contributed by atoms with Crippen molar-refractivity contribution >= 4 is 38.2 Å². The zero-order valence-electron chi connectivity index (χ0n) is 19.7. The summed E-state index contributed by atoms with van der Waals surface area (Å²) in [7, 11) is -2.52. The lowest BCUT2D eigenvalue weighted by Gasteiger charge is -2.26. The minimum Gasteiger partial charge on any atom is -0.465 e. The van der Waals surface area contributed by atoms with Gasteiger partial charge in [-0.05, 0) is 55.5 Å².